The molecule has 0 unspecified atom stereocenters. The predicted molar refractivity (Wildman–Crippen MR) is 76.7 cm³/mol. The summed E-state index contributed by atoms with van der Waals surface area (Å²) in [4.78, 5) is 25.6. The van der Waals surface area contributed by atoms with Crippen molar-refractivity contribution in [3.8, 4) is 0 Å². The number of hydrogen-bond donors (Lipinski definition) is 3. The molecular formula is C13H14N4O2S. The fraction of sp³-hybridized carbons (Fsp3) is 0.231. The Hall–Kier alpha value is -2.28. The molecule has 0 radical (unpaired) electrons. The molecule has 0 bridgehead atoms. The topological polar surface area (TPSA) is 90.6 Å². The highest BCUT2D eigenvalue weighted by molar-refractivity contribution is 7.71. The van der Waals surface area contributed by atoms with Crippen LogP contribution in [0.1, 0.15) is 17.7 Å². The minimum atomic E-state index is -0.357. The molecule has 104 valence electrons. The van der Waals surface area contributed by atoms with Crippen molar-refractivity contribution in [1.82, 2.24) is 20.5 Å². The molecule has 20 heavy (non-hydrogen) atoms. The number of H-pyrrole nitrogens is 2. The van der Waals surface area contributed by atoms with Gasteiger partial charge in [0.25, 0.3) is 5.56 Å². The minimum Gasteiger partial charge on any atom is -0.352 e. The van der Waals surface area contributed by atoms with Gasteiger partial charge in [0.1, 0.15) is 5.69 Å². The molecule has 1 heterocycles. The highest BCUT2D eigenvalue weighted by atomic mass is 32.1. The van der Waals surface area contributed by atoms with E-state index in [9.17, 15) is 9.59 Å². The van der Waals surface area contributed by atoms with Crippen molar-refractivity contribution in [2.24, 2.45) is 0 Å². The lowest BCUT2D eigenvalue weighted by Gasteiger charge is -2.04. The molecule has 1 amide bonds. The van der Waals surface area contributed by atoms with E-state index >= 15 is 0 Å². The fourth-order valence-electron chi connectivity index (χ4n) is 1.66. The zero-order valence-electron chi connectivity index (χ0n) is 10.7. The molecule has 7 heteroatoms. The zero-order chi connectivity index (χ0) is 14.4. The van der Waals surface area contributed by atoms with Crippen LogP contribution in [0.3, 0.4) is 0 Å². The first kappa shape index (κ1) is 14.1. The Balaban J connectivity index is 1.83. The van der Waals surface area contributed by atoms with Crippen LogP contribution in [-0.4, -0.2) is 21.1 Å². The molecule has 2 aromatic rings. The van der Waals surface area contributed by atoms with Crippen molar-refractivity contribution < 1.29 is 4.79 Å². The monoisotopic (exact) mass is 290 g/mol. The average molecular weight is 290 g/mol. The van der Waals surface area contributed by atoms with E-state index in [0.717, 1.165) is 5.56 Å². The second-order valence-electron chi connectivity index (χ2n) is 4.22. The van der Waals surface area contributed by atoms with Crippen LogP contribution >= 0.6 is 12.2 Å². The van der Waals surface area contributed by atoms with Crippen LogP contribution < -0.4 is 10.9 Å². The van der Waals surface area contributed by atoms with Crippen molar-refractivity contribution >= 4 is 18.1 Å². The summed E-state index contributed by atoms with van der Waals surface area (Å²) in [6, 6.07) is 9.62. The van der Waals surface area contributed by atoms with Gasteiger partial charge in [0.15, 0.2) is 4.77 Å². The summed E-state index contributed by atoms with van der Waals surface area (Å²) in [5.74, 6) is -0.127. The number of rotatable bonds is 5. The van der Waals surface area contributed by atoms with Gasteiger partial charge in [-0.3, -0.25) is 19.7 Å². The molecule has 0 aliphatic heterocycles. The number of nitrogens with zero attached hydrogens (tertiary/aromatic N) is 1. The highest BCUT2D eigenvalue weighted by Crippen LogP contribution is 1.98. The SMILES string of the molecule is O=C(CCc1n[nH]c(=S)[nH]c1=O)NCc1ccccc1. The number of benzene rings is 1. The van der Waals surface area contributed by atoms with E-state index in [-0.39, 0.29) is 34.8 Å². The van der Waals surface area contributed by atoms with Gasteiger partial charge in [-0.2, -0.15) is 5.10 Å². The second kappa shape index (κ2) is 6.76. The number of nitrogens with one attached hydrogen (secondary N) is 3. The van der Waals surface area contributed by atoms with E-state index in [2.05, 4.69) is 20.5 Å². The van der Waals surface area contributed by atoms with Gasteiger partial charge in [0.05, 0.1) is 0 Å². The van der Waals surface area contributed by atoms with Crippen LogP contribution in [0.5, 0.6) is 0 Å². The van der Waals surface area contributed by atoms with E-state index in [1.807, 2.05) is 30.3 Å². The van der Waals surface area contributed by atoms with E-state index in [0.29, 0.717) is 6.54 Å². The zero-order valence-corrected chi connectivity index (χ0v) is 11.5. The third-order valence-electron chi connectivity index (χ3n) is 2.70. The molecule has 3 N–H and O–H groups in total. The summed E-state index contributed by atoms with van der Waals surface area (Å²) in [6.07, 6.45) is 0.468. The Bertz CT molecular complexity index is 693. The summed E-state index contributed by atoms with van der Waals surface area (Å²) in [7, 11) is 0. The molecule has 0 saturated heterocycles. The number of hydrogen-bond acceptors (Lipinski definition) is 4. The summed E-state index contributed by atoms with van der Waals surface area (Å²) in [5.41, 5.74) is 0.943. The molecule has 0 aliphatic carbocycles. The molecule has 0 saturated carbocycles. The maximum Gasteiger partial charge on any atom is 0.273 e. The molecule has 0 spiro atoms. The molecule has 0 atom stereocenters. The standard InChI is InChI=1S/C13H14N4O2S/c18-11(14-8-9-4-2-1-3-5-9)7-6-10-12(19)15-13(20)17-16-10/h1-5H,6-8H2,(H,14,18)(H2,15,17,19,20). The van der Waals surface area contributed by atoms with Crippen molar-refractivity contribution in [3.05, 3.63) is 56.7 Å². The Morgan fingerprint density at radius 3 is 2.75 bits per heavy atom. The molecule has 2 rings (SSSR count). The number of carbonyl (C=O) groups is 1. The second-order valence-corrected chi connectivity index (χ2v) is 4.62. The summed E-state index contributed by atoms with van der Waals surface area (Å²) in [5, 5.41) is 9.11. The molecule has 0 aliphatic rings. The van der Waals surface area contributed by atoms with Crippen molar-refractivity contribution in [2.75, 3.05) is 0 Å². The van der Waals surface area contributed by atoms with Crippen molar-refractivity contribution in [2.45, 2.75) is 19.4 Å². The van der Waals surface area contributed by atoms with E-state index in [4.69, 9.17) is 12.2 Å². The minimum absolute atomic E-state index is 0.127. The number of aromatic nitrogens is 3. The number of aromatic amines is 2. The van der Waals surface area contributed by atoms with E-state index in [1.54, 1.807) is 0 Å². The molecule has 0 fully saturated rings. The first-order valence-electron chi connectivity index (χ1n) is 6.13. The number of aryl methyl sites for hydroxylation is 1. The van der Waals surface area contributed by atoms with Crippen molar-refractivity contribution in [3.63, 3.8) is 0 Å². The molecule has 1 aromatic carbocycles. The lowest BCUT2D eigenvalue weighted by Crippen LogP contribution is -2.25. The van der Waals surface area contributed by atoms with Crippen LogP contribution in [0.25, 0.3) is 0 Å². The van der Waals surface area contributed by atoms with Crippen LogP contribution in [0.15, 0.2) is 35.1 Å². The number of carbonyl (C=O) groups excluding carboxylic acids is 1. The smallest absolute Gasteiger partial charge is 0.273 e. The first-order chi connectivity index (χ1) is 9.65. The Labute approximate surface area is 120 Å². The van der Waals surface area contributed by atoms with Gasteiger partial charge >= 0.3 is 0 Å². The largest absolute Gasteiger partial charge is 0.352 e. The van der Waals surface area contributed by atoms with Gasteiger partial charge in [0.2, 0.25) is 5.91 Å². The van der Waals surface area contributed by atoms with Gasteiger partial charge in [-0.25, -0.2) is 0 Å². The van der Waals surface area contributed by atoms with Crippen LogP contribution in [-0.2, 0) is 17.8 Å². The number of amides is 1. The van der Waals surface area contributed by atoms with Crippen LogP contribution in [0.2, 0.25) is 0 Å². The van der Waals surface area contributed by atoms with Gasteiger partial charge in [-0.15, -0.1) is 0 Å². The van der Waals surface area contributed by atoms with E-state index < -0.39 is 0 Å². The van der Waals surface area contributed by atoms with Gasteiger partial charge in [0, 0.05) is 19.4 Å². The maximum absolute atomic E-state index is 11.7. The quantitative estimate of drug-likeness (QED) is 0.719. The highest BCUT2D eigenvalue weighted by Gasteiger charge is 2.06. The average Bonchev–Trinajstić information content (AvgIpc) is 2.45. The van der Waals surface area contributed by atoms with Gasteiger partial charge < -0.3 is 5.32 Å². The Morgan fingerprint density at radius 1 is 1.30 bits per heavy atom. The van der Waals surface area contributed by atoms with E-state index in [1.165, 1.54) is 0 Å². The first-order valence-corrected chi connectivity index (χ1v) is 6.54. The molecule has 6 nitrogen and oxygen atoms in total. The van der Waals surface area contributed by atoms with Crippen molar-refractivity contribution in [1.29, 1.82) is 0 Å². The third kappa shape index (κ3) is 4.13. The molecular weight excluding hydrogens is 276 g/mol. The maximum atomic E-state index is 11.7. The summed E-state index contributed by atoms with van der Waals surface area (Å²) >= 11 is 4.74. The Kier molecular flexibility index (Phi) is 4.78. The van der Waals surface area contributed by atoms with Gasteiger partial charge in [-0.05, 0) is 17.8 Å². The van der Waals surface area contributed by atoms with Gasteiger partial charge in [-0.1, -0.05) is 30.3 Å². The Morgan fingerprint density at radius 2 is 2.05 bits per heavy atom. The van der Waals surface area contributed by atoms with Crippen LogP contribution in [0, 0.1) is 4.77 Å². The normalized spacial score (nSPS) is 10.2. The lowest BCUT2D eigenvalue weighted by molar-refractivity contribution is -0.121. The third-order valence-corrected chi connectivity index (χ3v) is 2.90. The molecule has 1 aromatic heterocycles. The summed E-state index contributed by atoms with van der Waals surface area (Å²) in [6.45, 7) is 0.473. The fourth-order valence-corrected chi connectivity index (χ4v) is 1.80. The van der Waals surface area contributed by atoms with Crippen LogP contribution in [0.4, 0.5) is 0 Å². The predicted octanol–water partition coefficient (Wildman–Crippen LogP) is 1.08. The lowest BCUT2D eigenvalue weighted by atomic mass is 10.2. The summed E-state index contributed by atoms with van der Waals surface area (Å²) < 4.78 is 0.173.